The third-order valence-corrected chi connectivity index (χ3v) is 8.34. The third-order valence-electron chi connectivity index (χ3n) is 6.49. The molecule has 7 heteroatoms. The Morgan fingerprint density at radius 1 is 1.11 bits per heavy atom. The minimum Gasteiger partial charge on any atom is -0.373 e. The Morgan fingerprint density at radius 2 is 1.79 bits per heavy atom. The van der Waals surface area contributed by atoms with Gasteiger partial charge in [0.05, 0.1) is 17.1 Å². The van der Waals surface area contributed by atoms with Gasteiger partial charge in [-0.3, -0.25) is 4.79 Å². The Kier molecular flexibility index (Phi) is 5.51. The van der Waals surface area contributed by atoms with Crippen LogP contribution in [0.5, 0.6) is 0 Å². The molecule has 1 saturated heterocycles. The van der Waals surface area contributed by atoms with Gasteiger partial charge in [0, 0.05) is 25.2 Å². The van der Waals surface area contributed by atoms with Gasteiger partial charge in [-0.15, -0.1) is 0 Å². The smallest absolute Gasteiger partial charge is 0.243 e. The number of carbonyl (C=O) groups excluding carboxylic acids is 1. The minimum atomic E-state index is -3.56. The Hall–Kier alpha value is -1.44. The van der Waals surface area contributed by atoms with E-state index in [4.69, 9.17) is 4.74 Å². The fourth-order valence-corrected chi connectivity index (χ4v) is 6.85. The zero-order valence-electron chi connectivity index (χ0n) is 16.6. The van der Waals surface area contributed by atoms with E-state index in [0.717, 1.165) is 11.8 Å². The third kappa shape index (κ3) is 4.11. The summed E-state index contributed by atoms with van der Waals surface area (Å²) in [6, 6.07) is 6.51. The van der Waals surface area contributed by atoms with Gasteiger partial charge in [-0.05, 0) is 75.1 Å². The Balaban J connectivity index is 1.37. The molecule has 2 aliphatic carbocycles. The van der Waals surface area contributed by atoms with Gasteiger partial charge in [-0.1, -0.05) is 6.42 Å². The predicted octanol–water partition coefficient (Wildman–Crippen LogP) is 3.25. The summed E-state index contributed by atoms with van der Waals surface area (Å²) in [5.74, 6) is 2.10. The first kappa shape index (κ1) is 19.9. The summed E-state index contributed by atoms with van der Waals surface area (Å²) >= 11 is 0. The fourth-order valence-electron chi connectivity index (χ4n) is 5.26. The monoisotopic (exact) mass is 406 g/mol. The van der Waals surface area contributed by atoms with E-state index < -0.39 is 10.0 Å². The maximum absolute atomic E-state index is 12.9. The molecular weight excluding hydrogens is 376 g/mol. The zero-order valence-corrected chi connectivity index (χ0v) is 17.5. The van der Waals surface area contributed by atoms with Crippen LogP contribution in [-0.4, -0.2) is 43.9 Å². The van der Waals surface area contributed by atoms with Crippen LogP contribution in [-0.2, 0) is 19.6 Å². The number of ether oxygens (including phenoxy) is 1. The lowest BCUT2D eigenvalue weighted by Crippen LogP contribution is -2.48. The molecule has 2 bridgehead atoms. The van der Waals surface area contributed by atoms with Crippen LogP contribution in [0.25, 0.3) is 0 Å². The highest BCUT2D eigenvalue weighted by molar-refractivity contribution is 7.89. The van der Waals surface area contributed by atoms with Crippen LogP contribution in [0.15, 0.2) is 29.2 Å². The normalized spacial score (nSPS) is 33.1. The maximum Gasteiger partial charge on any atom is 0.243 e. The average Bonchev–Trinajstić information content (AvgIpc) is 3.24. The van der Waals surface area contributed by atoms with Crippen LogP contribution in [0, 0.1) is 17.8 Å². The van der Waals surface area contributed by atoms with Gasteiger partial charge >= 0.3 is 0 Å². The van der Waals surface area contributed by atoms with Crippen LogP contribution in [0.1, 0.15) is 46.0 Å². The van der Waals surface area contributed by atoms with E-state index in [0.29, 0.717) is 31.1 Å². The summed E-state index contributed by atoms with van der Waals surface area (Å²) in [4.78, 5) is 12.6. The Labute approximate surface area is 167 Å². The molecule has 0 unspecified atom stereocenters. The van der Waals surface area contributed by atoms with Crippen molar-refractivity contribution >= 4 is 21.6 Å². The molecule has 154 valence electrons. The molecule has 0 spiro atoms. The van der Waals surface area contributed by atoms with Crippen LogP contribution >= 0.6 is 0 Å². The lowest BCUT2D eigenvalue weighted by molar-refractivity contribution is -0.117. The molecule has 1 aliphatic heterocycles. The molecule has 3 fully saturated rings. The van der Waals surface area contributed by atoms with Gasteiger partial charge in [0.1, 0.15) is 0 Å². The van der Waals surface area contributed by atoms with Crippen molar-refractivity contribution in [1.82, 2.24) is 4.31 Å². The summed E-state index contributed by atoms with van der Waals surface area (Å²) in [6.45, 7) is 4.48. The number of morpholine rings is 1. The maximum atomic E-state index is 12.9. The summed E-state index contributed by atoms with van der Waals surface area (Å²) in [5.41, 5.74) is 0.649. The molecule has 1 heterocycles. The number of sulfonamides is 1. The van der Waals surface area contributed by atoms with Crippen LogP contribution in [0.2, 0.25) is 0 Å². The first-order valence-corrected chi connectivity index (χ1v) is 11.8. The van der Waals surface area contributed by atoms with Gasteiger partial charge in [0.25, 0.3) is 0 Å². The van der Waals surface area contributed by atoms with E-state index in [1.54, 1.807) is 24.3 Å². The van der Waals surface area contributed by atoms with Crippen molar-refractivity contribution in [3.8, 4) is 0 Å². The van der Waals surface area contributed by atoms with E-state index in [2.05, 4.69) is 5.32 Å². The van der Waals surface area contributed by atoms with Gasteiger partial charge < -0.3 is 10.1 Å². The zero-order chi connectivity index (χ0) is 19.9. The molecule has 1 aromatic carbocycles. The van der Waals surface area contributed by atoms with Gasteiger partial charge in [0.2, 0.25) is 15.9 Å². The van der Waals surface area contributed by atoms with Crippen LogP contribution < -0.4 is 5.32 Å². The van der Waals surface area contributed by atoms with E-state index in [-0.39, 0.29) is 23.0 Å². The van der Waals surface area contributed by atoms with Gasteiger partial charge in [-0.25, -0.2) is 8.42 Å². The first-order valence-electron chi connectivity index (χ1n) is 10.4. The molecule has 5 atom stereocenters. The van der Waals surface area contributed by atoms with Crippen molar-refractivity contribution in [2.75, 3.05) is 18.4 Å². The number of benzene rings is 1. The number of rotatable bonds is 5. The number of fused-ring (bicyclic) bond motifs is 2. The van der Waals surface area contributed by atoms with Crippen molar-refractivity contribution in [3.63, 3.8) is 0 Å². The molecule has 1 amide bonds. The molecule has 0 radical (unpaired) electrons. The number of anilines is 1. The number of nitrogens with zero attached hydrogens (tertiary/aromatic N) is 1. The summed E-state index contributed by atoms with van der Waals surface area (Å²) < 4.78 is 32.9. The van der Waals surface area contributed by atoms with E-state index in [1.165, 1.54) is 30.0 Å². The molecule has 6 nitrogen and oxygen atoms in total. The number of hydrogen-bond acceptors (Lipinski definition) is 4. The second-order valence-corrected chi connectivity index (χ2v) is 10.7. The van der Waals surface area contributed by atoms with E-state index >= 15 is 0 Å². The second-order valence-electron chi connectivity index (χ2n) is 8.79. The molecule has 2 saturated carbocycles. The molecule has 28 heavy (non-hydrogen) atoms. The second kappa shape index (κ2) is 7.76. The lowest BCUT2D eigenvalue weighted by Gasteiger charge is -2.34. The van der Waals surface area contributed by atoms with E-state index in [1.807, 2.05) is 13.8 Å². The SMILES string of the molecule is C[C@@H]1CN(S(=O)(=O)c2ccc(NC(=O)C[C@@H]3C[C@H]4CC[C@H]3C4)cc2)C[C@@H](C)O1. The highest BCUT2D eigenvalue weighted by Gasteiger charge is 2.40. The fraction of sp³-hybridized carbons (Fsp3) is 0.667. The highest BCUT2D eigenvalue weighted by atomic mass is 32.2. The summed E-state index contributed by atoms with van der Waals surface area (Å²) in [6.07, 6.45) is 5.42. The summed E-state index contributed by atoms with van der Waals surface area (Å²) in [5, 5.41) is 2.93. The molecular formula is C21H30N2O4S. The largest absolute Gasteiger partial charge is 0.373 e. The topological polar surface area (TPSA) is 75.7 Å². The number of amides is 1. The Morgan fingerprint density at radius 3 is 2.36 bits per heavy atom. The molecule has 1 N–H and O–H groups in total. The van der Waals surface area contributed by atoms with Crippen molar-refractivity contribution < 1.29 is 17.9 Å². The summed E-state index contributed by atoms with van der Waals surface area (Å²) in [7, 11) is -3.56. The molecule has 3 aliphatic rings. The van der Waals surface area contributed by atoms with Crippen molar-refractivity contribution in [1.29, 1.82) is 0 Å². The van der Waals surface area contributed by atoms with E-state index in [9.17, 15) is 13.2 Å². The highest BCUT2D eigenvalue weighted by Crippen LogP contribution is 2.49. The van der Waals surface area contributed by atoms with Crippen molar-refractivity contribution in [3.05, 3.63) is 24.3 Å². The standard InChI is InChI=1S/C21H30N2O4S/c1-14-12-23(13-15(2)27-14)28(25,26)20-7-5-19(6-8-20)22-21(24)11-18-10-16-3-4-17(18)9-16/h5-8,14-18H,3-4,9-13H2,1-2H3,(H,22,24)/t14-,15-,16+,17+,18+/m1/s1. The molecule has 1 aromatic rings. The first-order chi connectivity index (χ1) is 13.3. The predicted molar refractivity (Wildman–Crippen MR) is 107 cm³/mol. The van der Waals surface area contributed by atoms with Crippen molar-refractivity contribution in [2.45, 2.75) is 63.1 Å². The van der Waals surface area contributed by atoms with Crippen LogP contribution in [0.4, 0.5) is 5.69 Å². The lowest BCUT2D eigenvalue weighted by atomic mass is 9.86. The molecule has 0 aromatic heterocycles. The number of nitrogens with one attached hydrogen (secondary N) is 1. The molecule has 4 rings (SSSR count). The van der Waals surface area contributed by atoms with Gasteiger partial charge in [-0.2, -0.15) is 4.31 Å². The van der Waals surface area contributed by atoms with Crippen LogP contribution in [0.3, 0.4) is 0 Å². The quantitative estimate of drug-likeness (QED) is 0.814. The number of hydrogen-bond donors (Lipinski definition) is 1. The number of carbonyl (C=O) groups is 1. The Bertz CT molecular complexity index is 813. The average molecular weight is 407 g/mol. The van der Waals surface area contributed by atoms with Gasteiger partial charge in [0.15, 0.2) is 0 Å². The minimum absolute atomic E-state index is 0.0315. The van der Waals surface area contributed by atoms with Crippen molar-refractivity contribution in [2.24, 2.45) is 17.8 Å².